The molecule has 1 N–H and O–H groups in total. The Bertz CT molecular complexity index is 1340. The summed E-state index contributed by atoms with van der Waals surface area (Å²) in [6.45, 7) is 0. The Labute approximate surface area is 191 Å². The van der Waals surface area contributed by atoms with Crippen molar-refractivity contribution in [3.8, 4) is 22.8 Å². The molecule has 0 aliphatic heterocycles. The molecule has 0 saturated carbocycles. The smallest absolute Gasteiger partial charge is 0.318 e. The molecule has 4 aromatic rings. The van der Waals surface area contributed by atoms with E-state index < -0.39 is 21.2 Å². The van der Waals surface area contributed by atoms with Gasteiger partial charge < -0.3 is 4.74 Å². The lowest BCUT2D eigenvalue weighted by Crippen LogP contribution is -1.96. The molecule has 0 aliphatic rings. The van der Waals surface area contributed by atoms with E-state index >= 15 is 0 Å². The highest BCUT2D eigenvalue weighted by Crippen LogP contribution is 2.34. The molecule has 4 rings (SSSR count). The zero-order valence-electron chi connectivity index (χ0n) is 16.8. The highest BCUT2D eigenvalue weighted by molar-refractivity contribution is 7.14. The van der Waals surface area contributed by atoms with Crippen LogP contribution in [0.25, 0.3) is 11.3 Å². The molecular weight excluding hydrogens is 446 g/mol. The monoisotopic (exact) mass is 461 g/mol. The van der Waals surface area contributed by atoms with Crippen LogP contribution >= 0.6 is 11.3 Å². The van der Waals surface area contributed by atoms with Crippen LogP contribution in [0, 0.1) is 20.2 Å². The maximum Gasteiger partial charge on any atom is 0.318 e. The van der Waals surface area contributed by atoms with E-state index in [1.807, 2.05) is 35.7 Å². The SMILES string of the molecule is O=[N+]([O-])c1ccc(Oc2cccc(C=NNc3nc(-c4ccccc4)cs3)c2)c([N+](=O)[O-])c1. The lowest BCUT2D eigenvalue weighted by molar-refractivity contribution is -0.394. The number of anilines is 1. The molecule has 0 saturated heterocycles. The van der Waals surface area contributed by atoms with Gasteiger partial charge in [0.05, 0.1) is 27.8 Å². The van der Waals surface area contributed by atoms with Gasteiger partial charge in [0.1, 0.15) is 5.75 Å². The molecule has 0 amide bonds. The Morgan fingerprint density at radius 2 is 1.79 bits per heavy atom. The maximum absolute atomic E-state index is 11.3. The summed E-state index contributed by atoms with van der Waals surface area (Å²) in [4.78, 5) is 25.2. The molecule has 0 radical (unpaired) electrons. The van der Waals surface area contributed by atoms with E-state index in [1.54, 1.807) is 30.5 Å². The van der Waals surface area contributed by atoms with Gasteiger partial charge in [-0.05, 0) is 23.8 Å². The second kappa shape index (κ2) is 9.66. The van der Waals surface area contributed by atoms with Gasteiger partial charge in [-0.3, -0.25) is 25.7 Å². The van der Waals surface area contributed by atoms with Crippen molar-refractivity contribution in [3.05, 3.63) is 104 Å². The summed E-state index contributed by atoms with van der Waals surface area (Å²) in [5, 5.41) is 28.9. The third-order valence-corrected chi connectivity index (χ3v) is 5.13. The molecule has 1 heterocycles. The van der Waals surface area contributed by atoms with Crippen molar-refractivity contribution in [2.24, 2.45) is 5.10 Å². The molecule has 0 aliphatic carbocycles. The van der Waals surface area contributed by atoms with Crippen molar-refractivity contribution in [3.63, 3.8) is 0 Å². The van der Waals surface area contributed by atoms with Gasteiger partial charge in [-0.1, -0.05) is 42.5 Å². The first-order chi connectivity index (χ1) is 16.0. The number of nitro groups is 2. The van der Waals surface area contributed by atoms with E-state index in [0.29, 0.717) is 16.4 Å². The van der Waals surface area contributed by atoms with E-state index in [4.69, 9.17) is 4.74 Å². The second-order valence-electron chi connectivity index (χ2n) is 6.61. The first-order valence-electron chi connectivity index (χ1n) is 9.50. The summed E-state index contributed by atoms with van der Waals surface area (Å²) in [5.74, 6) is 0.213. The van der Waals surface area contributed by atoms with Crippen molar-refractivity contribution in [1.82, 2.24) is 4.98 Å². The largest absolute Gasteiger partial charge is 0.450 e. The quantitative estimate of drug-likeness (QED) is 0.197. The van der Waals surface area contributed by atoms with E-state index in [9.17, 15) is 20.2 Å². The Kier molecular flexibility index (Phi) is 6.32. The number of thiazole rings is 1. The molecule has 10 nitrogen and oxygen atoms in total. The molecular formula is C22H15N5O5S. The lowest BCUT2D eigenvalue weighted by atomic mass is 10.2. The number of aromatic nitrogens is 1. The van der Waals surface area contributed by atoms with Gasteiger partial charge in [0.15, 0.2) is 0 Å². The molecule has 0 bridgehead atoms. The van der Waals surface area contributed by atoms with Crippen LogP contribution in [-0.2, 0) is 0 Å². The summed E-state index contributed by atoms with van der Waals surface area (Å²) in [6, 6.07) is 19.7. The average Bonchev–Trinajstić information content (AvgIpc) is 3.29. The van der Waals surface area contributed by atoms with Crippen LogP contribution in [0.4, 0.5) is 16.5 Å². The van der Waals surface area contributed by atoms with E-state index in [1.165, 1.54) is 17.4 Å². The van der Waals surface area contributed by atoms with E-state index in [-0.39, 0.29) is 5.75 Å². The number of hydrazone groups is 1. The fraction of sp³-hybridized carbons (Fsp3) is 0. The summed E-state index contributed by atoms with van der Waals surface area (Å²) < 4.78 is 5.61. The number of nitro benzene ring substituents is 2. The third-order valence-electron chi connectivity index (χ3n) is 4.38. The fourth-order valence-electron chi connectivity index (χ4n) is 2.86. The molecule has 11 heteroatoms. The molecule has 3 aromatic carbocycles. The highest BCUT2D eigenvalue weighted by Gasteiger charge is 2.21. The van der Waals surface area contributed by atoms with Crippen molar-refractivity contribution >= 4 is 34.1 Å². The highest BCUT2D eigenvalue weighted by atomic mass is 32.1. The summed E-state index contributed by atoms with van der Waals surface area (Å²) in [5.41, 5.74) is 4.52. The van der Waals surface area contributed by atoms with Crippen molar-refractivity contribution in [2.45, 2.75) is 0 Å². The number of hydrogen-bond donors (Lipinski definition) is 1. The van der Waals surface area contributed by atoms with Crippen LogP contribution in [0.15, 0.2) is 83.3 Å². The van der Waals surface area contributed by atoms with Crippen LogP contribution in [0.3, 0.4) is 0 Å². The van der Waals surface area contributed by atoms with Gasteiger partial charge in [-0.2, -0.15) is 5.10 Å². The molecule has 0 spiro atoms. The Hall–Kier alpha value is -4.64. The number of nitrogens with zero attached hydrogens (tertiary/aromatic N) is 4. The zero-order valence-corrected chi connectivity index (χ0v) is 17.6. The first-order valence-corrected chi connectivity index (χ1v) is 10.4. The van der Waals surface area contributed by atoms with Crippen LogP contribution in [0.2, 0.25) is 0 Å². The fourth-order valence-corrected chi connectivity index (χ4v) is 3.53. The summed E-state index contributed by atoms with van der Waals surface area (Å²) in [7, 11) is 0. The Morgan fingerprint density at radius 1 is 0.970 bits per heavy atom. The first kappa shape index (κ1) is 21.6. The predicted molar refractivity (Wildman–Crippen MR) is 125 cm³/mol. The normalized spacial score (nSPS) is 10.8. The molecule has 33 heavy (non-hydrogen) atoms. The third kappa shape index (κ3) is 5.35. The molecule has 164 valence electrons. The van der Waals surface area contributed by atoms with Crippen LogP contribution in [0.1, 0.15) is 5.56 Å². The Morgan fingerprint density at radius 3 is 2.55 bits per heavy atom. The number of nitrogens with one attached hydrogen (secondary N) is 1. The number of hydrogen-bond acceptors (Lipinski definition) is 9. The van der Waals surface area contributed by atoms with Crippen molar-refractivity contribution in [1.29, 1.82) is 0 Å². The summed E-state index contributed by atoms with van der Waals surface area (Å²) >= 11 is 1.42. The standard InChI is InChI=1S/C22H15N5O5S/c28-26(29)17-9-10-21(20(12-17)27(30)31)32-18-8-4-5-15(11-18)13-23-25-22-24-19(14-33-22)16-6-2-1-3-7-16/h1-14H,(H,24,25). The molecule has 0 unspecified atom stereocenters. The van der Waals surface area contributed by atoms with Crippen molar-refractivity contribution < 1.29 is 14.6 Å². The van der Waals surface area contributed by atoms with Gasteiger partial charge in [0.2, 0.25) is 10.9 Å². The number of non-ortho nitro benzene ring substituents is 1. The van der Waals surface area contributed by atoms with Gasteiger partial charge in [0, 0.05) is 17.0 Å². The molecule has 1 aromatic heterocycles. The Balaban J connectivity index is 1.45. The number of ether oxygens (including phenoxy) is 1. The summed E-state index contributed by atoms with van der Waals surface area (Å²) in [6.07, 6.45) is 1.56. The van der Waals surface area contributed by atoms with Gasteiger partial charge in [-0.25, -0.2) is 4.98 Å². The molecule has 0 fully saturated rings. The minimum atomic E-state index is -0.727. The van der Waals surface area contributed by atoms with Crippen LogP contribution in [0.5, 0.6) is 11.5 Å². The minimum absolute atomic E-state index is 0.103. The minimum Gasteiger partial charge on any atom is -0.450 e. The van der Waals surface area contributed by atoms with Crippen molar-refractivity contribution in [2.75, 3.05) is 5.43 Å². The number of rotatable bonds is 8. The van der Waals surface area contributed by atoms with Gasteiger partial charge in [0.25, 0.3) is 5.69 Å². The average molecular weight is 461 g/mol. The predicted octanol–water partition coefficient (Wildman–Crippen LogP) is 5.86. The van der Waals surface area contributed by atoms with Crippen LogP contribution in [-0.4, -0.2) is 21.0 Å². The zero-order chi connectivity index (χ0) is 23.2. The maximum atomic E-state index is 11.3. The number of benzene rings is 3. The second-order valence-corrected chi connectivity index (χ2v) is 7.47. The van der Waals surface area contributed by atoms with E-state index in [2.05, 4.69) is 15.5 Å². The van der Waals surface area contributed by atoms with E-state index in [0.717, 1.165) is 23.4 Å². The topological polar surface area (TPSA) is 133 Å². The molecule has 0 atom stereocenters. The van der Waals surface area contributed by atoms with Crippen LogP contribution < -0.4 is 10.2 Å². The van der Waals surface area contributed by atoms with Gasteiger partial charge in [-0.15, -0.1) is 11.3 Å². The lowest BCUT2D eigenvalue weighted by Gasteiger charge is -2.07. The van der Waals surface area contributed by atoms with Gasteiger partial charge >= 0.3 is 5.69 Å².